The van der Waals surface area contributed by atoms with E-state index < -0.39 is 0 Å². The van der Waals surface area contributed by atoms with Gasteiger partial charge in [-0.15, -0.1) is 5.10 Å². The molecule has 0 amide bonds. The van der Waals surface area contributed by atoms with Crippen LogP contribution in [0, 0.1) is 6.92 Å². The number of aryl methyl sites for hydroxylation is 1. The van der Waals surface area contributed by atoms with Crippen LogP contribution in [0.5, 0.6) is 0 Å². The predicted octanol–water partition coefficient (Wildman–Crippen LogP) is 1.47. The van der Waals surface area contributed by atoms with Crippen LogP contribution in [0.3, 0.4) is 0 Å². The minimum absolute atomic E-state index is 0.211. The van der Waals surface area contributed by atoms with Gasteiger partial charge in [-0.25, -0.2) is 0 Å². The highest BCUT2D eigenvalue weighted by molar-refractivity contribution is 9.10. The fourth-order valence-corrected chi connectivity index (χ4v) is 3.29. The Balaban J connectivity index is 2.14. The lowest BCUT2D eigenvalue weighted by Crippen LogP contribution is -2.12. The van der Waals surface area contributed by atoms with E-state index in [0.717, 1.165) is 27.4 Å². The third-order valence-corrected chi connectivity index (χ3v) is 4.24. The number of carbonyl (C=O) groups excluding carboxylic acids is 1. The monoisotopic (exact) mass is 404 g/mol. The quantitative estimate of drug-likeness (QED) is 0.601. The number of rotatable bonds is 6. The van der Waals surface area contributed by atoms with Gasteiger partial charge in [-0.3, -0.25) is 9.36 Å². The summed E-state index contributed by atoms with van der Waals surface area (Å²) in [5.41, 5.74) is 9.26. The van der Waals surface area contributed by atoms with E-state index in [1.165, 1.54) is 4.80 Å². The molecule has 130 valence electrons. The lowest BCUT2D eigenvalue weighted by molar-refractivity contribution is 0.112. The smallest absolute Gasteiger partial charge is 0.274 e. The van der Waals surface area contributed by atoms with Gasteiger partial charge >= 0.3 is 0 Å². The van der Waals surface area contributed by atoms with Crippen LogP contribution in [0.2, 0.25) is 0 Å². The van der Waals surface area contributed by atoms with Crippen molar-refractivity contribution in [3.63, 3.8) is 0 Å². The largest absolute Gasteiger partial charge is 0.390 e. The summed E-state index contributed by atoms with van der Waals surface area (Å²) in [4.78, 5) is 12.6. The van der Waals surface area contributed by atoms with Gasteiger partial charge in [0.05, 0.1) is 18.8 Å². The molecule has 0 radical (unpaired) electrons. The maximum absolute atomic E-state index is 11.2. The first kappa shape index (κ1) is 17.5. The van der Waals surface area contributed by atoms with Gasteiger partial charge in [0.2, 0.25) is 0 Å². The van der Waals surface area contributed by atoms with Crippen molar-refractivity contribution in [2.75, 3.05) is 6.54 Å². The van der Waals surface area contributed by atoms with Crippen LogP contribution in [0.25, 0.3) is 17.1 Å². The zero-order valence-electron chi connectivity index (χ0n) is 13.6. The molecule has 0 saturated carbocycles. The van der Waals surface area contributed by atoms with Crippen LogP contribution in [-0.4, -0.2) is 42.7 Å². The molecule has 0 aliphatic heterocycles. The molecule has 0 bridgehead atoms. The summed E-state index contributed by atoms with van der Waals surface area (Å²) in [5, 5.41) is 22.2. The zero-order chi connectivity index (χ0) is 18.0. The summed E-state index contributed by atoms with van der Waals surface area (Å²) in [7, 11) is 0. The number of aliphatic hydroxyl groups is 1. The molecule has 0 unspecified atom stereocenters. The van der Waals surface area contributed by atoms with Gasteiger partial charge in [-0.2, -0.15) is 4.80 Å². The van der Waals surface area contributed by atoms with Crippen LogP contribution < -0.4 is 5.73 Å². The number of aromatic nitrogens is 5. The third kappa shape index (κ3) is 3.39. The lowest BCUT2D eigenvalue weighted by Gasteiger charge is -2.08. The van der Waals surface area contributed by atoms with Gasteiger partial charge in [0.15, 0.2) is 0 Å². The number of nitrogens with zero attached hydrogens (tertiary/aromatic N) is 5. The van der Waals surface area contributed by atoms with E-state index >= 15 is 0 Å². The number of halogens is 1. The number of benzene rings is 1. The van der Waals surface area contributed by atoms with Crippen molar-refractivity contribution in [2.24, 2.45) is 5.73 Å². The number of hydrogen-bond acceptors (Lipinski definition) is 6. The van der Waals surface area contributed by atoms with E-state index in [-0.39, 0.29) is 6.61 Å². The van der Waals surface area contributed by atoms with E-state index in [1.54, 1.807) is 16.7 Å². The fourth-order valence-electron chi connectivity index (χ4n) is 2.78. The van der Waals surface area contributed by atoms with Crippen molar-refractivity contribution in [1.82, 2.24) is 24.8 Å². The second-order valence-corrected chi connectivity index (χ2v) is 6.44. The number of hydrogen-bond donors (Lipinski definition) is 2. The van der Waals surface area contributed by atoms with E-state index in [1.807, 2.05) is 19.2 Å². The Labute approximate surface area is 152 Å². The van der Waals surface area contributed by atoms with Crippen LogP contribution in [0.15, 0.2) is 28.9 Å². The van der Waals surface area contributed by atoms with Crippen molar-refractivity contribution in [3.05, 3.63) is 45.7 Å². The molecular weight excluding hydrogens is 388 g/mol. The highest BCUT2D eigenvalue weighted by Gasteiger charge is 2.19. The molecule has 0 atom stereocenters. The molecule has 2 aromatic heterocycles. The summed E-state index contributed by atoms with van der Waals surface area (Å²) < 4.78 is 2.49. The molecule has 0 aliphatic rings. The molecule has 0 fully saturated rings. The summed E-state index contributed by atoms with van der Waals surface area (Å²) in [6.07, 6.45) is 2.63. The van der Waals surface area contributed by atoms with E-state index in [4.69, 9.17) is 5.73 Å². The summed E-state index contributed by atoms with van der Waals surface area (Å²) >= 11 is 3.42. The van der Waals surface area contributed by atoms with Crippen LogP contribution in [0.1, 0.15) is 21.6 Å². The van der Waals surface area contributed by atoms with Crippen molar-refractivity contribution in [3.8, 4) is 17.1 Å². The van der Waals surface area contributed by atoms with Crippen molar-refractivity contribution in [2.45, 2.75) is 20.1 Å². The fraction of sp³-hybridized carbons (Fsp3) is 0.250. The molecule has 0 aliphatic carbocycles. The van der Waals surface area contributed by atoms with Crippen LogP contribution in [0.4, 0.5) is 0 Å². The second kappa shape index (κ2) is 7.26. The van der Waals surface area contributed by atoms with Crippen molar-refractivity contribution >= 4 is 22.2 Å². The molecule has 2 heterocycles. The molecule has 8 nitrogen and oxygen atoms in total. The first-order valence-corrected chi connectivity index (χ1v) is 8.42. The molecule has 3 N–H and O–H groups in total. The Morgan fingerprint density at radius 3 is 2.84 bits per heavy atom. The number of aliphatic hydroxyl groups excluding tert-OH is 1. The average Bonchev–Trinajstić information content (AvgIpc) is 3.18. The molecule has 25 heavy (non-hydrogen) atoms. The minimum atomic E-state index is -0.211. The molecular formula is C16H17BrN6O2. The van der Waals surface area contributed by atoms with Gasteiger partial charge < -0.3 is 10.8 Å². The Morgan fingerprint density at radius 2 is 2.16 bits per heavy atom. The molecule has 3 aromatic rings. The zero-order valence-corrected chi connectivity index (χ0v) is 15.1. The van der Waals surface area contributed by atoms with Crippen molar-refractivity contribution in [1.29, 1.82) is 0 Å². The van der Waals surface area contributed by atoms with Gasteiger partial charge in [0.25, 0.3) is 5.95 Å². The minimum Gasteiger partial charge on any atom is -0.390 e. The van der Waals surface area contributed by atoms with E-state index in [9.17, 15) is 9.90 Å². The number of nitrogens with two attached hydrogens (primary N) is 1. The number of aldehydes is 1. The normalized spacial score (nSPS) is 11.0. The predicted molar refractivity (Wildman–Crippen MR) is 95.4 cm³/mol. The van der Waals surface area contributed by atoms with Gasteiger partial charge in [-0.1, -0.05) is 21.0 Å². The summed E-state index contributed by atoms with van der Waals surface area (Å²) in [6, 6.07) is 5.42. The Hall–Kier alpha value is -2.36. The van der Waals surface area contributed by atoms with E-state index in [2.05, 4.69) is 31.3 Å². The standard InChI is InChI=1S/C16H17BrN6O2/c1-10-7-22(16-19-21-23(20-16)3-2-18)14(9-25)15(10)12-4-11(8-24)5-13(17)6-12/h4-8,25H,2-3,9,18H2,1H3. The van der Waals surface area contributed by atoms with Crippen LogP contribution >= 0.6 is 15.9 Å². The third-order valence-electron chi connectivity index (χ3n) is 3.78. The first-order valence-electron chi connectivity index (χ1n) is 7.63. The Morgan fingerprint density at radius 1 is 1.36 bits per heavy atom. The number of tetrazole rings is 1. The topological polar surface area (TPSA) is 112 Å². The summed E-state index contributed by atoms with van der Waals surface area (Å²) in [5.74, 6) is 0.359. The highest BCUT2D eigenvalue weighted by Crippen LogP contribution is 2.33. The van der Waals surface area contributed by atoms with Gasteiger partial charge in [0.1, 0.15) is 6.29 Å². The molecule has 1 aromatic carbocycles. The van der Waals surface area contributed by atoms with Crippen molar-refractivity contribution < 1.29 is 9.90 Å². The van der Waals surface area contributed by atoms with E-state index in [0.29, 0.717) is 30.3 Å². The SMILES string of the molecule is Cc1cn(-c2nnn(CCN)n2)c(CO)c1-c1cc(Br)cc(C=O)c1. The molecule has 0 saturated heterocycles. The second-order valence-electron chi connectivity index (χ2n) is 5.53. The Bertz CT molecular complexity index is 917. The first-order chi connectivity index (χ1) is 12.1. The maximum atomic E-state index is 11.2. The average molecular weight is 405 g/mol. The van der Waals surface area contributed by atoms with Crippen LogP contribution in [-0.2, 0) is 13.2 Å². The van der Waals surface area contributed by atoms with Gasteiger partial charge in [0, 0.05) is 28.3 Å². The molecule has 9 heteroatoms. The Kier molecular flexibility index (Phi) is 5.07. The lowest BCUT2D eigenvalue weighted by atomic mass is 10.0. The molecule has 3 rings (SSSR count). The van der Waals surface area contributed by atoms with Gasteiger partial charge in [-0.05, 0) is 41.5 Å². The number of carbonyl (C=O) groups is 1. The molecule has 0 spiro atoms. The maximum Gasteiger partial charge on any atom is 0.274 e. The highest BCUT2D eigenvalue weighted by atomic mass is 79.9. The summed E-state index contributed by atoms with van der Waals surface area (Å²) in [6.45, 7) is 2.59.